The Morgan fingerprint density at radius 2 is 1.73 bits per heavy atom. The fourth-order valence-electron chi connectivity index (χ4n) is 3.44. The fraction of sp³-hybridized carbons (Fsp3) is 0.364. The van der Waals surface area contributed by atoms with Crippen molar-refractivity contribution < 1.29 is 28.7 Å². The van der Waals surface area contributed by atoms with E-state index >= 15 is 0 Å². The topological polar surface area (TPSA) is 90.3 Å². The maximum absolute atomic E-state index is 12.5. The average Bonchev–Trinajstić information content (AvgIpc) is 2.80. The maximum Gasteiger partial charge on any atom is 0.269 e. The fourth-order valence-corrected chi connectivity index (χ4v) is 3.44. The van der Waals surface area contributed by atoms with Crippen molar-refractivity contribution in [1.29, 1.82) is 0 Å². The normalized spacial score (nSPS) is 18.5. The van der Waals surface area contributed by atoms with Crippen molar-refractivity contribution in [3.8, 4) is 11.5 Å². The maximum atomic E-state index is 12.5. The molecule has 1 fully saturated rings. The second-order valence-corrected chi connectivity index (χ2v) is 7.30. The van der Waals surface area contributed by atoms with Crippen LogP contribution in [0.5, 0.6) is 11.5 Å². The van der Waals surface area contributed by atoms with Gasteiger partial charge in [0.1, 0.15) is 19.7 Å². The lowest BCUT2D eigenvalue weighted by Crippen LogP contribution is -3.14. The second-order valence-electron chi connectivity index (χ2n) is 7.30. The van der Waals surface area contributed by atoms with Gasteiger partial charge in [0, 0.05) is 11.3 Å². The van der Waals surface area contributed by atoms with Crippen LogP contribution in [-0.2, 0) is 9.53 Å². The highest BCUT2D eigenvalue weighted by Gasteiger charge is 2.27. The van der Waals surface area contributed by atoms with Crippen LogP contribution in [0, 0.1) is 0 Å². The first-order valence-electron chi connectivity index (χ1n) is 10.2. The minimum absolute atomic E-state index is 0.124. The van der Waals surface area contributed by atoms with Crippen molar-refractivity contribution in [2.75, 3.05) is 51.3 Å². The van der Waals surface area contributed by atoms with Gasteiger partial charge in [0.15, 0.2) is 11.5 Å². The molecule has 0 unspecified atom stereocenters. The Morgan fingerprint density at radius 1 is 1.00 bits per heavy atom. The number of anilines is 1. The van der Waals surface area contributed by atoms with Gasteiger partial charge in [-0.1, -0.05) is 12.1 Å². The third-order valence-electron chi connectivity index (χ3n) is 5.18. The number of amides is 2. The van der Waals surface area contributed by atoms with Crippen molar-refractivity contribution in [3.05, 3.63) is 54.1 Å². The van der Waals surface area contributed by atoms with E-state index in [0.717, 1.165) is 32.8 Å². The van der Waals surface area contributed by atoms with E-state index in [1.165, 1.54) is 4.90 Å². The van der Waals surface area contributed by atoms with E-state index in [-0.39, 0.29) is 18.4 Å². The number of quaternary nitrogens is 1. The lowest BCUT2D eigenvalue weighted by molar-refractivity contribution is -0.906. The number of para-hydroxylation sites is 2. The van der Waals surface area contributed by atoms with Crippen LogP contribution in [0.1, 0.15) is 10.4 Å². The summed E-state index contributed by atoms with van der Waals surface area (Å²) in [6.07, 6.45) is -0.731. The molecular formula is C22H26N3O5+. The summed E-state index contributed by atoms with van der Waals surface area (Å²) in [6, 6.07) is 14.0. The summed E-state index contributed by atoms with van der Waals surface area (Å²) in [5.74, 6) is 0.762. The Kier molecular flexibility index (Phi) is 6.46. The molecular weight excluding hydrogens is 386 g/mol. The van der Waals surface area contributed by atoms with Gasteiger partial charge in [-0.2, -0.15) is 0 Å². The Balaban J connectivity index is 1.25. The van der Waals surface area contributed by atoms with Gasteiger partial charge >= 0.3 is 0 Å². The van der Waals surface area contributed by atoms with Crippen molar-refractivity contribution in [2.45, 2.75) is 6.10 Å². The summed E-state index contributed by atoms with van der Waals surface area (Å²) in [5, 5.41) is 5.75. The molecule has 2 aromatic carbocycles. The average molecular weight is 412 g/mol. The molecule has 2 aliphatic rings. The first kappa shape index (κ1) is 20.2. The first-order chi connectivity index (χ1) is 14.7. The molecule has 8 heteroatoms. The van der Waals surface area contributed by atoms with Crippen LogP contribution in [0.25, 0.3) is 0 Å². The molecule has 0 spiro atoms. The minimum atomic E-state index is -0.731. The summed E-state index contributed by atoms with van der Waals surface area (Å²) < 4.78 is 16.6. The third-order valence-corrected chi connectivity index (χ3v) is 5.18. The molecule has 0 radical (unpaired) electrons. The second kappa shape index (κ2) is 9.60. The van der Waals surface area contributed by atoms with Crippen molar-refractivity contribution in [3.63, 3.8) is 0 Å². The zero-order valence-corrected chi connectivity index (χ0v) is 16.7. The number of hydrogen-bond donors (Lipinski definition) is 3. The molecule has 2 heterocycles. The molecule has 4 rings (SSSR count). The Bertz CT molecular complexity index is 881. The van der Waals surface area contributed by atoms with Gasteiger partial charge in [-0.15, -0.1) is 0 Å². The molecule has 30 heavy (non-hydrogen) atoms. The van der Waals surface area contributed by atoms with Crippen molar-refractivity contribution >= 4 is 17.5 Å². The number of carbonyl (C=O) groups excluding carboxylic acids is 2. The molecule has 1 saturated heterocycles. The van der Waals surface area contributed by atoms with Crippen LogP contribution in [0.15, 0.2) is 48.5 Å². The molecule has 2 aliphatic heterocycles. The van der Waals surface area contributed by atoms with Crippen LogP contribution in [0.2, 0.25) is 0 Å². The largest absolute Gasteiger partial charge is 0.485 e. The van der Waals surface area contributed by atoms with Crippen LogP contribution >= 0.6 is 0 Å². The van der Waals surface area contributed by atoms with Crippen LogP contribution in [0.3, 0.4) is 0 Å². The SMILES string of the molecule is O=C(NCC[NH+]1CCOCC1)c1ccc(NC(=O)[C@@H]2COc3ccccc3O2)cc1. The molecule has 2 amide bonds. The standard InChI is InChI=1S/C22H25N3O5/c26-21(23-9-10-25-11-13-28-14-12-25)16-5-7-17(8-6-16)24-22(27)20-15-29-18-3-1-2-4-19(18)30-20/h1-8,20H,9-15H2,(H,23,26)(H,24,27)/p+1/t20-/m0/s1. The number of rotatable bonds is 6. The van der Waals surface area contributed by atoms with Crippen molar-refractivity contribution in [2.24, 2.45) is 0 Å². The first-order valence-corrected chi connectivity index (χ1v) is 10.2. The number of morpholine rings is 1. The number of carbonyl (C=O) groups is 2. The monoisotopic (exact) mass is 412 g/mol. The Hall–Kier alpha value is -3.10. The number of fused-ring (bicyclic) bond motifs is 1. The summed E-state index contributed by atoms with van der Waals surface area (Å²) in [7, 11) is 0. The Labute approximate surface area is 175 Å². The highest BCUT2D eigenvalue weighted by molar-refractivity contribution is 5.97. The lowest BCUT2D eigenvalue weighted by Gasteiger charge is -2.25. The Morgan fingerprint density at radius 3 is 2.50 bits per heavy atom. The van der Waals surface area contributed by atoms with E-state index in [9.17, 15) is 9.59 Å². The van der Waals surface area contributed by atoms with Gasteiger partial charge in [-0.25, -0.2) is 0 Å². The molecule has 0 bridgehead atoms. The molecule has 2 aromatic rings. The van der Waals surface area contributed by atoms with E-state index in [4.69, 9.17) is 14.2 Å². The summed E-state index contributed by atoms with van der Waals surface area (Å²) in [5.41, 5.74) is 1.15. The van der Waals surface area contributed by atoms with Gasteiger partial charge in [-0.3, -0.25) is 9.59 Å². The highest BCUT2D eigenvalue weighted by Crippen LogP contribution is 2.31. The highest BCUT2D eigenvalue weighted by atomic mass is 16.6. The molecule has 0 saturated carbocycles. The lowest BCUT2D eigenvalue weighted by atomic mass is 10.2. The van der Waals surface area contributed by atoms with Gasteiger partial charge in [0.05, 0.1) is 26.3 Å². The minimum Gasteiger partial charge on any atom is -0.485 e. The molecule has 1 atom stereocenters. The van der Waals surface area contributed by atoms with E-state index < -0.39 is 6.10 Å². The quantitative estimate of drug-likeness (QED) is 0.627. The van der Waals surface area contributed by atoms with Crippen LogP contribution in [0.4, 0.5) is 5.69 Å². The number of hydrogen-bond acceptors (Lipinski definition) is 5. The molecule has 158 valence electrons. The summed E-state index contributed by atoms with van der Waals surface area (Å²) in [6.45, 7) is 5.16. The van der Waals surface area contributed by atoms with E-state index in [2.05, 4.69) is 10.6 Å². The molecule has 0 aromatic heterocycles. The predicted octanol–water partition coefficient (Wildman–Crippen LogP) is 0.110. The number of nitrogens with one attached hydrogen (secondary N) is 3. The van der Waals surface area contributed by atoms with E-state index in [0.29, 0.717) is 29.3 Å². The number of ether oxygens (including phenoxy) is 3. The zero-order valence-electron chi connectivity index (χ0n) is 16.7. The van der Waals surface area contributed by atoms with Crippen LogP contribution in [-0.4, -0.2) is 63.9 Å². The smallest absolute Gasteiger partial charge is 0.269 e. The molecule has 3 N–H and O–H groups in total. The van der Waals surface area contributed by atoms with Crippen LogP contribution < -0.4 is 25.0 Å². The van der Waals surface area contributed by atoms with E-state index in [1.54, 1.807) is 36.4 Å². The number of benzene rings is 2. The third kappa shape index (κ3) is 5.08. The van der Waals surface area contributed by atoms with Gasteiger partial charge in [0.2, 0.25) is 6.10 Å². The van der Waals surface area contributed by atoms with Gasteiger partial charge < -0.3 is 29.7 Å². The van der Waals surface area contributed by atoms with Crippen molar-refractivity contribution in [1.82, 2.24) is 5.32 Å². The predicted molar refractivity (Wildman–Crippen MR) is 110 cm³/mol. The van der Waals surface area contributed by atoms with Gasteiger partial charge in [0.25, 0.3) is 11.8 Å². The zero-order chi connectivity index (χ0) is 20.8. The van der Waals surface area contributed by atoms with Gasteiger partial charge in [-0.05, 0) is 36.4 Å². The summed E-state index contributed by atoms with van der Waals surface area (Å²) >= 11 is 0. The molecule has 8 nitrogen and oxygen atoms in total. The summed E-state index contributed by atoms with van der Waals surface area (Å²) in [4.78, 5) is 26.2. The molecule has 0 aliphatic carbocycles. The van der Waals surface area contributed by atoms with E-state index in [1.807, 2.05) is 12.1 Å².